The number of fused-ring (bicyclic) bond motifs is 1. The summed E-state index contributed by atoms with van der Waals surface area (Å²) in [4.78, 5) is 13.9. The van der Waals surface area contributed by atoms with Gasteiger partial charge in [0.2, 0.25) is 0 Å². The molecule has 6 heteroatoms. The van der Waals surface area contributed by atoms with Crippen LogP contribution >= 0.6 is 0 Å². The summed E-state index contributed by atoms with van der Waals surface area (Å²) in [6, 6.07) is 8.60. The number of rotatable bonds is 6. The summed E-state index contributed by atoms with van der Waals surface area (Å²) in [5.41, 5.74) is 7.26. The van der Waals surface area contributed by atoms with Gasteiger partial charge in [0, 0.05) is 36.6 Å². The molecular formula is C26H27N5O. The van der Waals surface area contributed by atoms with Crippen molar-refractivity contribution in [3.05, 3.63) is 54.1 Å². The third kappa shape index (κ3) is 4.17. The molecule has 2 aliphatic rings. The molecule has 0 spiro atoms. The standard InChI is InChI=1S/C26H27N5O/c1-17(2)13-28-25-26-29-15-24(31(26)16-22(30-25)4-3-11-32)20-9-5-18(6-10-20)21-12-23(27-14-21)19-7-8-19/h5-6,9-10,14-17,19,32H,7-8,11-13H2,1-2H3,(H,28,30). The topological polar surface area (TPSA) is 74.8 Å². The first-order valence-electron chi connectivity index (χ1n) is 11.2. The van der Waals surface area contributed by atoms with Crippen LogP contribution in [0, 0.1) is 23.7 Å². The van der Waals surface area contributed by atoms with Crippen LogP contribution in [0.15, 0.2) is 47.9 Å². The molecule has 1 fully saturated rings. The second-order valence-corrected chi connectivity index (χ2v) is 8.85. The second kappa shape index (κ2) is 8.60. The maximum atomic E-state index is 9.10. The zero-order chi connectivity index (χ0) is 22.1. The molecular weight excluding hydrogens is 398 g/mol. The number of allylic oxidation sites excluding steroid dienone is 1. The van der Waals surface area contributed by atoms with Crippen molar-refractivity contribution >= 4 is 22.7 Å². The van der Waals surface area contributed by atoms with Crippen LogP contribution in [-0.4, -0.2) is 38.3 Å². The Morgan fingerprint density at radius 2 is 1.97 bits per heavy atom. The lowest BCUT2D eigenvalue weighted by molar-refractivity contribution is 0.350. The number of benzene rings is 1. The van der Waals surface area contributed by atoms with E-state index in [1.165, 1.54) is 29.7 Å². The van der Waals surface area contributed by atoms with E-state index in [4.69, 9.17) is 5.11 Å². The van der Waals surface area contributed by atoms with Crippen LogP contribution in [0.2, 0.25) is 0 Å². The first-order chi connectivity index (χ1) is 15.6. The number of nitrogens with one attached hydrogen (secondary N) is 1. The molecule has 0 amide bonds. The molecule has 32 heavy (non-hydrogen) atoms. The van der Waals surface area contributed by atoms with Gasteiger partial charge in [0.15, 0.2) is 11.5 Å². The largest absolute Gasteiger partial charge is 0.384 e. The average molecular weight is 426 g/mol. The maximum Gasteiger partial charge on any atom is 0.180 e. The Kier molecular flexibility index (Phi) is 5.50. The van der Waals surface area contributed by atoms with Crippen molar-refractivity contribution in [1.82, 2.24) is 14.4 Å². The van der Waals surface area contributed by atoms with Gasteiger partial charge < -0.3 is 10.4 Å². The van der Waals surface area contributed by atoms with Gasteiger partial charge in [-0.25, -0.2) is 9.97 Å². The molecule has 2 N–H and O–H groups in total. The highest BCUT2D eigenvalue weighted by molar-refractivity contribution is 6.00. The average Bonchev–Trinajstić information content (AvgIpc) is 3.37. The monoisotopic (exact) mass is 425 g/mol. The molecule has 2 aromatic heterocycles. The molecule has 162 valence electrons. The summed E-state index contributed by atoms with van der Waals surface area (Å²) in [5, 5.41) is 12.5. The van der Waals surface area contributed by atoms with E-state index in [-0.39, 0.29) is 6.61 Å². The summed E-state index contributed by atoms with van der Waals surface area (Å²) < 4.78 is 2.02. The van der Waals surface area contributed by atoms with E-state index in [1.54, 1.807) is 0 Å². The Balaban J connectivity index is 1.46. The fourth-order valence-electron chi connectivity index (χ4n) is 3.96. The van der Waals surface area contributed by atoms with Gasteiger partial charge in [0.05, 0.1) is 11.9 Å². The van der Waals surface area contributed by atoms with E-state index in [0.29, 0.717) is 17.4 Å². The Hall–Kier alpha value is -3.43. The highest BCUT2D eigenvalue weighted by atomic mass is 16.2. The van der Waals surface area contributed by atoms with Crippen LogP contribution < -0.4 is 5.32 Å². The molecule has 0 saturated heterocycles. The number of hydrogen-bond acceptors (Lipinski definition) is 5. The van der Waals surface area contributed by atoms with E-state index in [9.17, 15) is 0 Å². The molecule has 0 radical (unpaired) electrons. The number of aliphatic imine (C=N–C) groups is 1. The summed E-state index contributed by atoms with van der Waals surface area (Å²) in [6.45, 7) is 4.89. The summed E-state index contributed by atoms with van der Waals surface area (Å²) >= 11 is 0. The van der Waals surface area contributed by atoms with Crippen molar-refractivity contribution in [1.29, 1.82) is 0 Å². The zero-order valence-electron chi connectivity index (χ0n) is 18.5. The molecule has 3 heterocycles. The van der Waals surface area contributed by atoms with Crippen molar-refractivity contribution in [3.8, 4) is 23.1 Å². The third-order valence-corrected chi connectivity index (χ3v) is 5.82. The van der Waals surface area contributed by atoms with Gasteiger partial charge in [-0.3, -0.25) is 9.39 Å². The van der Waals surface area contributed by atoms with Gasteiger partial charge in [-0.2, -0.15) is 0 Å². The van der Waals surface area contributed by atoms with Crippen LogP contribution in [0.25, 0.3) is 22.5 Å². The van der Waals surface area contributed by atoms with Crippen molar-refractivity contribution in [3.63, 3.8) is 0 Å². The van der Waals surface area contributed by atoms with Gasteiger partial charge in [-0.15, -0.1) is 0 Å². The van der Waals surface area contributed by atoms with Crippen molar-refractivity contribution in [2.24, 2.45) is 16.8 Å². The Bertz CT molecular complexity index is 1270. The van der Waals surface area contributed by atoms with Crippen LogP contribution in [0.1, 0.15) is 44.4 Å². The number of hydrogen-bond donors (Lipinski definition) is 2. The number of aliphatic hydroxyl groups is 1. The predicted molar refractivity (Wildman–Crippen MR) is 128 cm³/mol. The minimum atomic E-state index is -0.200. The smallest absolute Gasteiger partial charge is 0.180 e. The summed E-state index contributed by atoms with van der Waals surface area (Å²) in [7, 11) is 0. The van der Waals surface area contributed by atoms with Crippen molar-refractivity contribution in [2.75, 3.05) is 18.5 Å². The molecule has 1 aliphatic heterocycles. The maximum absolute atomic E-state index is 9.10. The zero-order valence-corrected chi connectivity index (χ0v) is 18.5. The normalized spacial score (nSPS) is 15.5. The van der Waals surface area contributed by atoms with Crippen molar-refractivity contribution < 1.29 is 5.11 Å². The first kappa shape index (κ1) is 20.5. The minimum Gasteiger partial charge on any atom is -0.384 e. The van der Waals surface area contributed by atoms with E-state index in [1.807, 2.05) is 23.0 Å². The van der Waals surface area contributed by atoms with Gasteiger partial charge in [-0.1, -0.05) is 44.0 Å². The molecule has 0 atom stereocenters. The van der Waals surface area contributed by atoms with Gasteiger partial charge >= 0.3 is 0 Å². The Morgan fingerprint density at radius 3 is 2.69 bits per heavy atom. The molecule has 0 unspecified atom stereocenters. The van der Waals surface area contributed by atoms with Crippen LogP contribution in [0.3, 0.4) is 0 Å². The lowest BCUT2D eigenvalue weighted by atomic mass is 9.99. The number of aliphatic hydroxyl groups excluding tert-OH is 1. The molecule has 1 aliphatic carbocycles. The second-order valence-electron chi connectivity index (χ2n) is 8.85. The third-order valence-electron chi connectivity index (χ3n) is 5.82. The fourth-order valence-corrected chi connectivity index (χ4v) is 3.96. The molecule has 0 bridgehead atoms. The Labute approximate surface area is 188 Å². The lowest BCUT2D eigenvalue weighted by Crippen LogP contribution is -2.11. The van der Waals surface area contributed by atoms with E-state index in [2.05, 4.69) is 70.2 Å². The van der Waals surface area contributed by atoms with Gasteiger partial charge in [-0.05, 0) is 41.7 Å². The first-order valence-corrected chi connectivity index (χ1v) is 11.2. The molecule has 6 nitrogen and oxygen atoms in total. The Morgan fingerprint density at radius 1 is 1.19 bits per heavy atom. The molecule has 5 rings (SSSR count). The van der Waals surface area contributed by atoms with E-state index >= 15 is 0 Å². The van der Waals surface area contributed by atoms with Crippen molar-refractivity contribution in [2.45, 2.75) is 33.1 Å². The minimum absolute atomic E-state index is 0.200. The van der Waals surface area contributed by atoms with Crippen LogP contribution in [0.5, 0.6) is 0 Å². The highest BCUT2D eigenvalue weighted by Gasteiger charge is 2.29. The molecule has 1 saturated carbocycles. The molecule has 1 aromatic carbocycles. The molecule has 3 aromatic rings. The SMILES string of the molecule is CC(C)CNc1nc(C#CCO)cn2c(-c3ccc(C4=CN=C(C5CC5)C4)cc3)cnc12. The quantitative estimate of drug-likeness (QED) is 0.574. The number of nitrogens with zero attached hydrogens (tertiary/aromatic N) is 4. The number of anilines is 1. The summed E-state index contributed by atoms with van der Waals surface area (Å²) in [6.07, 6.45) is 9.34. The summed E-state index contributed by atoms with van der Waals surface area (Å²) in [5.74, 6) is 7.51. The predicted octanol–water partition coefficient (Wildman–Crippen LogP) is 4.40. The van der Waals surface area contributed by atoms with E-state index < -0.39 is 0 Å². The number of imidazole rings is 1. The highest BCUT2D eigenvalue weighted by Crippen LogP contribution is 2.37. The van der Waals surface area contributed by atoms with Gasteiger partial charge in [0.25, 0.3) is 0 Å². The number of aromatic nitrogens is 3. The lowest BCUT2D eigenvalue weighted by Gasteiger charge is -2.11. The van der Waals surface area contributed by atoms with Crippen LogP contribution in [-0.2, 0) is 0 Å². The fraction of sp³-hybridized carbons (Fsp3) is 0.346. The van der Waals surface area contributed by atoms with E-state index in [0.717, 1.165) is 35.8 Å². The van der Waals surface area contributed by atoms with Gasteiger partial charge in [0.1, 0.15) is 12.3 Å². The van der Waals surface area contributed by atoms with Crippen LogP contribution in [0.4, 0.5) is 5.82 Å².